The highest BCUT2D eigenvalue weighted by Gasteiger charge is 2.05. The van der Waals surface area contributed by atoms with E-state index in [1.807, 2.05) is 0 Å². The Morgan fingerprint density at radius 1 is 1.32 bits per heavy atom. The Hall–Kier alpha value is -2.47. The first kappa shape index (κ1) is 13.0. The van der Waals surface area contributed by atoms with Gasteiger partial charge in [0.15, 0.2) is 0 Å². The molecule has 0 saturated carbocycles. The van der Waals surface area contributed by atoms with E-state index in [0.29, 0.717) is 22.9 Å². The average Bonchev–Trinajstić information content (AvgIpc) is 2.47. The first-order valence-corrected chi connectivity index (χ1v) is 5.65. The van der Waals surface area contributed by atoms with Crippen molar-refractivity contribution in [1.82, 2.24) is 4.98 Å². The Morgan fingerprint density at radius 3 is 2.79 bits per heavy atom. The normalized spacial score (nSPS) is 10.0. The van der Waals surface area contributed by atoms with Gasteiger partial charge in [-0.15, -0.1) is 4.91 Å². The number of hydrogen-bond acceptors (Lipinski definition) is 6. The van der Waals surface area contributed by atoms with E-state index < -0.39 is 0 Å². The highest BCUT2D eigenvalue weighted by molar-refractivity contribution is 5.67. The molecule has 98 valence electrons. The van der Waals surface area contributed by atoms with Gasteiger partial charge < -0.3 is 15.2 Å². The molecule has 0 bridgehead atoms. The standard InChI is InChI=1S/C13H13N3O3/c1-14-12-3-2-10(7-13(12)16-18)19-11-4-5-15-9(6-11)8-17/h2-7,14,17H,8H2,1H3. The Bertz CT molecular complexity index is 587. The Kier molecular flexibility index (Phi) is 4.04. The molecule has 0 aliphatic heterocycles. The molecular formula is C13H13N3O3. The minimum Gasteiger partial charge on any atom is -0.457 e. The van der Waals surface area contributed by atoms with Crippen molar-refractivity contribution in [2.75, 3.05) is 12.4 Å². The van der Waals surface area contributed by atoms with Gasteiger partial charge in [-0.05, 0) is 23.4 Å². The summed E-state index contributed by atoms with van der Waals surface area (Å²) in [6, 6.07) is 8.26. The third-order valence-corrected chi connectivity index (χ3v) is 2.52. The van der Waals surface area contributed by atoms with Gasteiger partial charge in [0.1, 0.15) is 17.2 Å². The van der Waals surface area contributed by atoms with Crippen LogP contribution in [0.15, 0.2) is 41.7 Å². The maximum atomic E-state index is 10.7. The lowest BCUT2D eigenvalue weighted by Crippen LogP contribution is -1.92. The molecule has 2 rings (SSSR count). The summed E-state index contributed by atoms with van der Waals surface area (Å²) in [4.78, 5) is 14.7. The third kappa shape index (κ3) is 3.05. The van der Waals surface area contributed by atoms with Crippen LogP contribution in [0.25, 0.3) is 0 Å². The molecule has 0 amide bonds. The molecule has 1 aromatic carbocycles. The lowest BCUT2D eigenvalue weighted by atomic mass is 10.2. The molecule has 6 nitrogen and oxygen atoms in total. The number of pyridine rings is 1. The Morgan fingerprint density at radius 2 is 2.11 bits per heavy atom. The van der Waals surface area contributed by atoms with Crippen LogP contribution in [-0.4, -0.2) is 17.1 Å². The summed E-state index contributed by atoms with van der Waals surface area (Å²) in [6.07, 6.45) is 1.54. The number of hydrogen-bond donors (Lipinski definition) is 2. The van der Waals surface area contributed by atoms with Gasteiger partial charge in [0.05, 0.1) is 18.0 Å². The number of rotatable bonds is 5. The highest BCUT2D eigenvalue weighted by atomic mass is 16.5. The van der Waals surface area contributed by atoms with Gasteiger partial charge in [-0.2, -0.15) is 0 Å². The smallest absolute Gasteiger partial charge is 0.134 e. The van der Waals surface area contributed by atoms with Crippen LogP contribution in [0, 0.1) is 4.91 Å². The number of aromatic nitrogens is 1. The maximum absolute atomic E-state index is 10.7. The van der Waals surface area contributed by atoms with Crippen LogP contribution in [0.5, 0.6) is 11.5 Å². The van der Waals surface area contributed by atoms with Crippen molar-refractivity contribution < 1.29 is 9.84 Å². The van der Waals surface area contributed by atoms with E-state index in [1.165, 1.54) is 6.07 Å². The van der Waals surface area contributed by atoms with Crippen LogP contribution in [0.2, 0.25) is 0 Å². The van der Waals surface area contributed by atoms with Gasteiger partial charge in [0.2, 0.25) is 0 Å². The van der Waals surface area contributed by atoms with Crippen molar-refractivity contribution >= 4 is 11.4 Å². The van der Waals surface area contributed by atoms with E-state index in [2.05, 4.69) is 15.5 Å². The molecular weight excluding hydrogens is 246 g/mol. The number of anilines is 1. The van der Waals surface area contributed by atoms with Crippen LogP contribution < -0.4 is 10.1 Å². The average molecular weight is 259 g/mol. The van der Waals surface area contributed by atoms with E-state index in [1.54, 1.807) is 37.5 Å². The first-order chi connectivity index (χ1) is 9.26. The van der Waals surface area contributed by atoms with Crippen LogP contribution in [0.4, 0.5) is 11.4 Å². The van der Waals surface area contributed by atoms with Crippen molar-refractivity contribution in [1.29, 1.82) is 0 Å². The second-order valence-electron chi connectivity index (χ2n) is 3.76. The molecule has 2 aromatic rings. The third-order valence-electron chi connectivity index (χ3n) is 2.52. The fraction of sp³-hybridized carbons (Fsp3) is 0.154. The zero-order valence-electron chi connectivity index (χ0n) is 10.3. The summed E-state index contributed by atoms with van der Waals surface area (Å²) in [7, 11) is 1.71. The number of benzene rings is 1. The second-order valence-corrected chi connectivity index (χ2v) is 3.76. The van der Waals surface area contributed by atoms with Crippen molar-refractivity contribution in [2.45, 2.75) is 6.61 Å². The largest absolute Gasteiger partial charge is 0.457 e. The molecule has 19 heavy (non-hydrogen) atoms. The quantitative estimate of drug-likeness (QED) is 0.806. The predicted molar refractivity (Wildman–Crippen MR) is 71.7 cm³/mol. The van der Waals surface area contributed by atoms with E-state index in [4.69, 9.17) is 9.84 Å². The lowest BCUT2D eigenvalue weighted by Gasteiger charge is -2.08. The predicted octanol–water partition coefficient (Wildman–Crippen LogP) is 2.81. The molecule has 1 heterocycles. The molecule has 0 aliphatic carbocycles. The molecule has 0 saturated heterocycles. The van der Waals surface area contributed by atoms with E-state index in [-0.39, 0.29) is 12.3 Å². The topological polar surface area (TPSA) is 83.8 Å². The zero-order chi connectivity index (χ0) is 13.7. The number of aliphatic hydroxyl groups is 1. The lowest BCUT2D eigenvalue weighted by molar-refractivity contribution is 0.276. The van der Waals surface area contributed by atoms with Crippen LogP contribution in [-0.2, 0) is 6.61 Å². The molecule has 0 unspecified atom stereocenters. The number of nitrogens with zero attached hydrogens (tertiary/aromatic N) is 2. The molecule has 0 aliphatic rings. The number of nitroso groups, excluding NO2 is 1. The van der Waals surface area contributed by atoms with Gasteiger partial charge in [0.25, 0.3) is 0 Å². The Balaban J connectivity index is 2.25. The monoisotopic (exact) mass is 259 g/mol. The van der Waals surface area contributed by atoms with E-state index in [9.17, 15) is 4.91 Å². The summed E-state index contributed by atoms with van der Waals surface area (Å²) in [6.45, 7) is -0.156. The SMILES string of the molecule is CNc1ccc(Oc2ccnc(CO)c2)cc1N=O. The van der Waals surface area contributed by atoms with Crippen LogP contribution >= 0.6 is 0 Å². The van der Waals surface area contributed by atoms with Gasteiger partial charge in [-0.1, -0.05) is 0 Å². The summed E-state index contributed by atoms with van der Waals surface area (Å²) in [5.41, 5.74) is 1.42. The van der Waals surface area contributed by atoms with Crippen LogP contribution in [0.1, 0.15) is 5.69 Å². The van der Waals surface area contributed by atoms with Gasteiger partial charge in [0, 0.05) is 25.4 Å². The molecule has 0 radical (unpaired) electrons. The first-order valence-electron chi connectivity index (χ1n) is 5.65. The van der Waals surface area contributed by atoms with Gasteiger partial charge in [-0.25, -0.2) is 0 Å². The maximum Gasteiger partial charge on any atom is 0.134 e. The van der Waals surface area contributed by atoms with Gasteiger partial charge >= 0.3 is 0 Å². The summed E-state index contributed by atoms with van der Waals surface area (Å²) in [5, 5.41) is 14.8. The van der Waals surface area contributed by atoms with Crippen molar-refractivity contribution in [3.05, 3.63) is 47.1 Å². The summed E-state index contributed by atoms with van der Waals surface area (Å²) in [5.74, 6) is 1.02. The van der Waals surface area contributed by atoms with Gasteiger partial charge in [-0.3, -0.25) is 4.98 Å². The minimum atomic E-state index is -0.156. The number of aliphatic hydroxyl groups excluding tert-OH is 1. The van der Waals surface area contributed by atoms with Crippen LogP contribution in [0.3, 0.4) is 0 Å². The van der Waals surface area contributed by atoms with E-state index >= 15 is 0 Å². The fourth-order valence-electron chi connectivity index (χ4n) is 1.60. The van der Waals surface area contributed by atoms with Crippen molar-refractivity contribution in [2.24, 2.45) is 5.18 Å². The molecule has 6 heteroatoms. The Labute approximate surface area is 110 Å². The molecule has 0 spiro atoms. The zero-order valence-corrected chi connectivity index (χ0v) is 10.3. The highest BCUT2D eigenvalue weighted by Crippen LogP contribution is 2.31. The second kappa shape index (κ2) is 5.92. The minimum absolute atomic E-state index is 0.156. The summed E-state index contributed by atoms with van der Waals surface area (Å²) < 4.78 is 5.59. The van der Waals surface area contributed by atoms with Crippen molar-refractivity contribution in [3.8, 4) is 11.5 Å². The van der Waals surface area contributed by atoms with Crippen molar-refractivity contribution in [3.63, 3.8) is 0 Å². The van der Waals surface area contributed by atoms with E-state index in [0.717, 1.165) is 0 Å². The fourth-order valence-corrected chi connectivity index (χ4v) is 1.60. The number of ether oxygens (including phenoxy) is 1. The number of nitrogens with one attached hydrogen (secondary N) is 1. The molecule has 0 atom stereocenters. The molecule has 0 fully saturated rings. The summed E-state index contributed by atoms with van der Waals surface area (Å²) >= 11 is 0. The molecule has 2 N–H and O–H groups in total. The molecule has 1 aromatic heterocycles.